The van der Waals surface area contributed by atoms with E-state index in [0.29, 0.717) is 25.1 Å². The molecule has 0 amide bonds. The average Bonchev–Trinajstić information content (AvgIpc) is 2.52. The summed E-state index contributed by atoms with van der Waals surface area (Å²) in [5, 5.41) is 13.5. The van der Waals surface area contributed by atoms with Crippen molar-refractivity contribution in [1.82, 2.24) is 5.32 Å². The summed E-state index contributed by atoms with van der Waals surface area (Å²) in [4.78, 5) is 0. The minimum atomic E-state index is -0.465. The number of aliphatic hydroxyl groups is 1. The van der Waals surface area contributed by atoms with Crippen molar-refractivity contribution in [1.29, 1.82) is 0 Å². The van der Waals surface area contributed by atoms with E-state index < -0.39 is 6.10 Å². The molecule has 2 N–H and O–H groups in total. The Labute approximate surface area is 129 Å². The lowest BCUT2D eigenvalue weighted by Crippen LogP contribution is -2.39. The summed E-state index contributed by atoms with van der Waals surface area (Å²) in [5.41, 5.74) is 1.14. The highest BCUT2D eigenvalue weighted by molar-refractivity contribution is 5.16. The Morgan fingerprint density at radius 1 is 1.10 bits per heavy atom. The maximum atomic E-state index is 10.0. The van der Waals surface area contributed by atoms with Gasteiger partial charge in [-0.05, 0) is 25.3 Å². The topological polar surface area (TPSA) is 41.5 Å². The maximum absolute atomic E-state index is 10.0. The molecular weight excluding hydrogens is 262 g/mol. The molecule has 0 saturated carbocycles. The Kier molecular flexibility index (Phi) is 8.58. The molecule has 0 spiro atoms. The van der Waals surface area contributed by atoms with Crippen molar-refractivity contribution in [3.8, 4) is 0 Å². The molecule has 0 aliphatic carbocycles. The third-order valence-corrected chi connectivity index (χ3v) is 4.24. The van der Waals surface area contributed by atoms with Crippen molar-refractivity contribution in [3.63, 3.8) is 0 Å². The molecule has 0 heterocycles. The second-order valence-electron chi connectivity index (χ2n) is 5.81. The van der Waals surface area contributed by atoms with Gasteiger partial charge in [0.2, 0.25) is 0 Å². The van der Waals surface area contributed by atoms with Gasteiger partial charge in [-0.2, -0.15) is 0 Å². The molecule has 0 aliphatic rings. The molecule has 120 valence electrons. The van der Waals surface area contributed by atoms with Gasteiger partial charge in [0.25, 0.3) is 0 Å². The first-order valence-corrected chi connectivity index (χ1v) is 8.16. The zero-order chi connectivity index (χ0) is 15.7. The Morgan fingerprint density at radius 3 is 2.29 bits per heavy atom. The van der Waals surface area contributed by atoms with Crippen molar-refractivity contribution in [2.24, 2.45) is 5.92 Å². The summed E-state index contributed by atoms with van der Waals surface area (Å²) >= 11 is 0. The van der Waals surface area contributed by atoms with Crippen LogP contribution < -0.4 is 5.32 Å². The van der Waals surface area contributed by atoms with Crippen LogP contribution in [0.25, 0.3) is 0 Å². The molecular formula is C18H31NO2. The molecule has 3 unspecified atom stereocenters. The second kappa shape index (κ2) is 9.93. The fraction of sp³-hybridized carbons (Fsp3) is 0.667. The van der Waals surface area contributed by atoms with Gasteiger partial charge in [-0.15, -0.1) is 0 Å². The second-order valence-corrected chi connectivity index (χ2v) is 5.81. The number of ether oxygens (including phenoxy) is 1. The molecule has 0 fully saturated rings. The van der Waals surface area contributed by atoms with Gasteiger partial charge >= 0.3 is 0 Å². The monoisotopic (exact) mass is 293 g/mol. The molecule has 0 aliphatic heterocycles. The summed E-state index contributed by atoms with van der Waals surface area (Å²) in [6.45, 7) is 9.58. The molecule has 1 rings (SSSR count). The van der Waals surface area contributed by atoms with Crippen LogP contribution in [0.3, 0.4) is 0 Å². The largest absolute Gasteiger partial charge is 0.389 e. The third-order valence-electron chi connectivity index (χ3n) is 4.24. The van der Waals surface area contributed by atoms with Gasteiger partial charge in [-0.25, -0.2) is 0 Å². The molecule has 3 atom stereocenters. The van der Waals surface area contributed by atoms with E-state index in [4.69, 9.17) is 4.74 Å². The normalized spacial score (nSPS) is 15.9. The van der Waals surface area contributed by atoms with E-state index in [2.05, 4.69) is 26.1 Å². The predicted molar refractivity (Wildman–Crippen MR) is 88.4 cm³/mol. The van der Waals surface area contributed by atoms with Crippen LogP contribution in [0.1, 0.15) is 52.2 Å². The number of rotatable bonds is 10. The van der Waals surface area contributed by atoms with E-state index >= 15 is 0 Å². The molecule has 1 aromatic rings. The third kappa shape index (κ3) is 6.60. The highest BCUT2D eigenvalue weighted by Gasteiger charge is 2.15. The lowest BCUT2D eigenvalue weighted by atomic mass is 9.95. The number of hydrogen-bond donors (Lipinski definition) is 2. The summed E-state index contributed by atoms with van der Waals surface area (Å²) in [6.07, 6.45) is 1.88. The van der Waals surface area contributed by atoms with Crippen LogP contribution in [0.5, 0.6) is 0 Å². The molecule has 0 radical (unpaired) electrons. The van der Waals surface area contributed by atoms with Crippen LogP contribution in [0.15, 0.2) is 30.3 Å². The van der Waals surface area contributed by atoms with Crippen molar-refractivity contribution >= 4 is 0 Å². The van der Waals surface area contributed by atoms with Crippen LogP contribution in [0.2, 0.25) is 0 Å². The van der Waals surface area contributed by atoms with E-state index in [1.165, 1.54) is 12.8 Å². The first kappa shape index (κ1) is 18.1. The first-order chi connectivity index (χ1) is 10.1. The summed E-state index contributed by atoms with van der Waals surface area (Å²) < 4.78 is 5.75. The summed E-state index contributed by atoms with van der Waals surface area (Å²) in [6, 6.07) is 10.5. The van der Waals surface area contributed by atoms with Crippen LogP contribution in [-0.4, -0.2) is 30.4 Å². The summed E-state index contributed by atoms with van der Waals surface area (Å²) in [5.74, 6) is 0.668. The Bertz CT molecular complexity index is 365. The summed E-state index contributed by atoms with van der Waals surface area (Å²) in [7, 11) is 0. The van der Waals surface area contributed by atoms with E-state index in [0.717, 1.165) is 5.56 Å². The van der Waals surface area contributed by atoms with Gasteiger partial charge in [0.1, 0.15) is 0 Å². The van der Waals surface area contributed by atoms with Crippen LogP contribution in [0.4, 0.5) is 0 Å². The van der Waals surface area contributed by atoms with Crippen LogP contribution in [-0.2, 0) is 4.74 Å². The number of aliphatic hydroxyl groups excluding tert-OH is 1. The lowest BCUT2D eigenvalue weighted by molar-refractivity contribution is -0.00336. The predicted octanol–water partition coefficient (Wildman–Crippen LogP) is 3.54. The molecule has 0 bridgehead atoms. The Hall–Kier alpha value is -0.900. The van der Waals surface area contributed by atoms with Crippen molar-refractivity contribution in [3.05, 3.63) is 35.9 Å². The van der Waals surface area contributed by atoms with E-state index in [-0.39, 0.29) is 6.10 Å². The van der Waals surface area contributed by atoms with Crippen molar-refractivity contribution in [2.75, 3.05) is 13.2 Å². The highest BCUT2D eigenvalue weighted by Crippen LogP contribution is 2.16. The molecule has 1 aromatic carbocycles. The molecule has 21 heavy (non-hydrogen) atoms. The van der Waals surface area contributed by atoms with E-state index in [1.54, 1.807) is 0 Å². The number of hydrogen-bond acceptors (Lipinski definition) is 3. The van der Waals surface area contributed by atoms with Crippen molar-refractivity contribution < 1.29 is 9.84 Å². The molecule has 0 aromatic heterocycles. The first-order valence-electron chi connectivity index (χ1n) is 8.16. The Balaban J connectivity index is 2.26. The average molecular weight is 293 g/mol. The minimum absolute atomic E-state index is 0.0114. The lowest BCUT2D eigenvalue weighted by Gasteiger charge is -2.24. The Morgan fingerprint density at radius 2 is 1.71 bits per heavy atom. The number of benzene rings is 1. The smallest absolute Gasteiger partial charge is 0.0898 e. The highest BCUT2D eigenvalue weighted by atomic mass is 16.5. The SMILES string of the molecule is CCC(CC)C(C)NCC(O)COC(C)c1ccccc1. The quantitative estimate of drug-likeness (QED) is 0.693. The fourth-order valence-electron chi connectivity index (χ4n) is 2.62. The zero-order valence-electron chi connectivity index (χ0n) is 13.9. The fourth-order valence-corrected chi connectivity index (χ4v) is 2.62. The van der Waals surface area contributed by atoms with E-state index in [9.17, 15) is 5.11 Å². The maximum Gasteiger partial charge on any atom is 0.0898 e. The molecule has 3 heteroatoms. The van der Waals surface area contributed by atoms with Gasteiger partial charge < -0.3 is 15.2 Å². The van der Waals surface area contributed by atoms with Gasteiger partial charge in [-0.1, -0.05) is 57.0 Å². The zero-order valence-corrected chi connectivity index (χ0v) is 13.9. The van der Waals surface area contributed by atoms with Gasteiger partial charge in [0.05, 0.1) is 18.8 Å². The van der Waals surface area contributed by atoms with Gasteiger partial charge in [0.15, 0.2) is 0 Å². The van der Waals surface area contributed by atoms with Crippen LogP contribution in [0, 0.1) is 5.92 Å². The molecule has 3 nitrogen and oxygen atoms in total. The number of nitrogens with one attached hydrogen (secondary N) is 1. The minimum Gasteiger partial charge on any atom is -0.389 e. The van der Waals surface area contributed by atoms with Gasteiger partial charge in [-0.3, -0.25) is 0 Å². The molecule has 0 saturated heterocycles. The van der Waals surface area contributed by atoms with Crippen molar-refractivity contribution in [2.45, 2.75) is 58.8 Å². The van der Waals surface area contributed by atoms with Crippen LogP contribution >= 0.6 is 0 Å². The standard InChI is InChI=1S/C18H31NO2/c1-5-16(6-2)14(3)19-12-18(20)13-21-15(4)17-10-8-7-9-11-17/h7-11,14-16,18-20H,5-6,12-13H2,1-4H3. The van der Waals surface area contributed by atoms with E-state index in [1.807, 2.05) is 37.3 Å². The van der Waals surface area contributed by atoms with Gasteiger partial charge in [0, 0.05) is 12.6 Å².